The van der Waals surface area contributed by atoms with Crippen LogP contribution in [0.3, 0.4) is 0 Å². The number of rotatable bonds is 4. The molecule has 1 aromatic carbocycles. The van der Waals surface area contributed by atoms with Crippen LogP contribution in [0.25, 0.3) is 5.57 Å². The van der Waals surface area contributed by atoms with Crippen LogP contribution >= 0.6 is 0 Å². The van der Waals surface area contributed by atoms with E-state index < -0.39 is 0 Å². The first-order chi connectivity index (χ1) is 12.8. The first-order valence-electron chi connectivity index (χ1n) is 8.69. The summed E-state index contributed by atoms with van der Waals surface area (Å²) >= 11 is 0. The lowest BCUT2D eigenvalue weighted by Gasteiger charge is -2.15. The zero-order valence-electron chi connectivity index (χ0n) is 14.7. The topological polar surface area (TPSA) is 69.7 Å². The quantitative estimate of drug-likeness (QED) is 0.917. The maximum atomic E-state index is 5.89. The molecule has 0 bridgehead atoms. The van der Waals surface area contributed by atoms with Gasteiger partial charge in [-0.2, -0.15) is 0 Å². The third-order valence-electron chi connectivity index (χ3n) is 4.70. The smallest absolute Gasteiger partial charge is 0.166 e. The average molecular weight is 347 g/mol. The molecule has 0 atom stereocenters. The Morgan fingerprint density at radius 2 is 2.00 bits per heavy atom. The number of hydrogen-bond donors (Lipinski definition) is 1. The fraction of sp³-hybridized carbons (Fsp3) is 0.238. The third kappa shape index (κ3) is 3.13. The molecule has 2 aromatic rings. The normalized spacial score (nSPS) is 17.1. The number of benzene rings is 1. The molecule has 2 N–H and O–H groups in total. The van der Waals surface area contributed by atoms with E-state index in [1.54, 1.807) is 13.3 Å². The van der Waals surface area contributed by atoms with E-state index in [-0.39, 0.29) is 0 Å². The summed E-state index contributed by atoms with van der Waals surface area (Å²) in [6.45, 7) is 1.35. The number of ether oxygens (including phenoxy) is 2. The molecule has 3 heterocycles. The third-order valence-corrected chi connectivity index (χ3v) is 4.70. The van der Waals surface area contributed by atoms with Crippen molar-refractivity contribution in [2.45, 2.75) is 12.8 Å². The summed E-state index contributed by atoms with van der Waals surface area (Å²) in [7, 11) is 1.61. The van der Waals surface area contributed by atoms with Crippen LogP contribution in [0.2, 0.25) is 0 Å². The van der Waals surface area contributed by atoms with Gasteiger partial charge in [0.05, 0.1) is 31.7 Å². The highest BCUT2D eigenvalue weighted by Crippen LogP contribution is 2.38. The monoisotopic (exact) mass is 347 g/mol. The first-order valence-corrected chi connectivity index (χ1v) is 8.69. The van der Waals surface area contributed by atoms with Crippen LogP contribution in [0.5, 0.6) is 5.75 Å². The summed E-state index contributed by atoms with van der Waals surface area (Å²) in [4.78, 5) is 9.29. The molecule has 0 spiro atoms. The number of methoxy groups -OCH3 is 1. The zero-order valence-corrected chi connectivity index (χ0v) is 14.7. The van der Waals surface area contributed by atoms with Crippen LogP contribution in [0, 0.1) is 0 Å². The zero-order chi connectivity index (χ0) is 17.9. The van der Waals surface area contributed by atoms with Crippen LogP contribution in [0.15, 0.2) is 64.9 Å². The lowest BCUT2D eigenvalue weighted by molar-refractivity contribution is 0.155. The van der Waals surface area contributed by atoms with Crippen LogP contribution in [-0.2, 0) is 4.74 Å². The Kier molecular flexibility index (Phi) is 4.54. The molecule has 5 nitrogen and oxygen atoms in total. The second kappa shape index (κ2) is 7.14. The molecule has 2 aliphatic rings. The van der Waals surface area contributed by atoms with E-state index in [9.17, 15) is 0 Å². The predicted octanol–water partition coefficient (Wildman–Crippen LogP) is 3.62. The van der Waals surface area contributed by atoms with Gasteiger partial charge in [-0.3, -0.25) is 4.99 Å². The van der Waals surface area contributed by atoms with Gasteiger partial charge in [0.15, 0.2) is 11.6 Å². The molecule has 26 heavy (non-hydrogen) atoms. The van der Waals surface area contributed by atoms with Gasteiger partial charge in [-0.1, -0.05) is 36.4 Å². The Balaban J connectivity index is 1.78. The molecule has 132 valence electrons. The van der Waals surface area contributed by atoms with E-state index in [0.29, 0.717) is 18.2 Å². The molecular formula is C21H21N3O2. The Morgan fingerprint density at radius 1 is 1.15 bits per heavy atom. The maximum absolute atomic E-state index is 5.89. The number of nitrogen functional groups attached to an aromatic ring is 1. The molecular weight excluding hydrogens is 326 g/mol. The molecule has 1 aromatic heterocycles. The summed E-state index contributed by atoms with van der Waals surface area (Å²) in [6, 6.07) is 12.2. The molecule has 0 unspecified atom stereocenters. The van der Waals surface area contributed by atoms with Crippen molar-refractivity contribution in [1.82, 2.24) is 4.98 Å². The van der Waals surface area contributed by atoms with Gasteiger partial charge in [-0.05, 0) is 29.2 Å². The number of hydrogen-bond acceptors (Lipinski definition) is 5. The minimum atomic E-state index is 0.394. The Bertz CT molecular complexity index is 914. The highest BCUT2D eigenvalue weighted by Gasteiger charge is 2.24. The van der Waals surface area contributed by atoms with Gasteiger partial charge in [0.2, 0.25) is 0 Å². The fourth-order valence-electron chi connectivity index (χ4n) is 3.32. The fourth-order valence-corrected chi connectivity index (χ4v) is 3.32. The number of aliphatic imine (C=N–C) groups is 1. The van der Waals surface area contributed by atoms with Gasteiger partial charge >= 0.3 is 0 Å². The number of pyridine rings is 1. The van der Waals surface area contributed by atoms with Crippen molar-refractivity contribution in [3.8, 4) is 5.75 Å². The van der Waals surface area contributed by atoms with Crippen LogP contribution in [0.1, 0.15) is 24.0 Å². The standard InChI is InChI=1S/C21H21N3O2/c1-25-19-11-16(13-23-21(19)22)17-12-18(14-5-3-2-4-6-14)24-20(17)15-7-9-26-10-8-15/h2-7,11,13H,8-10,12H2,1H3,(H2,22,23). The summed E-state index contributed by atoms with van der Waals surface area (Å²) < 4.78 is 10.8. The van der Waals surface area contributed by atoms with E-state index in [1.165, 1.54) is 5.57 Å². The molecule has 0 saturated heterocycles. The first kappa shape index (κ1) is 16.5. The molecule has 0 aliphatic carbocycles. The number of nitrogens with two attached hydrogens (primary N) is 1. The van der Waals surface area contributed by atoms with Crippen molar-refractivity contribution >= 4 is 17.1 Å². The lowest BCUT2D eigenvalue weighted by Crippen LogP contribution is -2.06. The largest absolute Gasteiger partial charge is 0.493 e. The second-order valence-electron chi connectivity index (χ2n) is 6.29. The number of allylic oxidation sites excluding steroid dienone is 2. The number of aromatic nitrogens is 1. The van der Waals surface area contributed by atoms with Gasteiger partial charge in [0, 0.05) is 18.2 Å². The SMILES string of the molecule is COc1cc(C2=C(C3=CCOCC3)N=C(c3ccccc3)C2)cnc1N. The van der Waals surface area contributed by atoms with E-state index in [2.05, 4.69) is 23.2 Å². The average Bonchev–Trinajstić information content (AvgIpc) is 3.15. The number of nitrogens with zero attached hydrogens (tertiary/aromatic N) is 2. The Labute approximate surface area is 152 Å². The summed E-state index contributed by atoms with van der Waals surface area (Å²) in [6.07, 6.45) is 5.55. The van der Waals surface area contributed by atoms with Crippen molar-refractivity contribution in [3.63, 3.8) is 0 Å². The van der Waals surface area contributed by atoms with E-state index in [4.69, 9.17) is 20.2 Å². The molecule has 2 aliphatic heterocycles. The second-order valence-corrected chi connectivity index (χ2v) is 6.29. The minimum Gasteiger partial charge on any atom is -0.493 e. The maximum Gasteiger partial charge on any atom is 0.166 e. The van der Waals surface area contributed by atoms with Crippen molar-refractivity contribution in [1.29, 1.82) is 0 Å². The van der Waals surface area contributed by atoms with Gasteiger partial charge in [0.25, 0.3) is 0 Å². The molecule has 0 saturated carbocycles. The van der Waals surface area contributed by atoms with Crippen molar-refractivity contribution < 1.29 is 9.47 Å². The van der Waals surface area contributed by atoms with Crippen LogP contribution in [-0.4, -0.2) is 31.0 Å². The van der Waals surface area contributed by atoms with Gasteiger partial charge in [0.1, 0.15) is 0 Å². The molecule has 5 heteroatoms. The number of anilines is 1. The molecule has 0 radical (unpaired) electrons. The molecule has 0 amide bonds. The molecule has 0 fully saturated rings. The van der Waals surface area contributed by atoms with Gasteiger partial charge < -0.3 is 15.2 Å². The van der Waals surface area contributed by atoms with Gasteiger partial charge in [-0.15, -0.1) is 0 Å². The highest BCUT2D eigenvalue weighted by molar-refractivity contribution is 6.10. The van der Waals surface area contributed by atoms with Gasteiger partial charge in [-0.25, -0.2) is 4.98 Å². The van der Waals surface area contributed by atoms with Crippen LogP contribution in [0.4, 0.5) is 5.82 Å². The van der Waals surface area contributed by atoms with Crippen molar-refractivity contribution in [3.05, 3.63) is 71.1 Å². The summed E-state index contributed by atoms with van der Waals surface area (Å²) in [5, 5.41) is 0. The Morgan fingerprint density at radius 3 is 2.73 bits per heavy atom. The highest BCUT2D eigenvalue weighted by atomic mass is 16.5. The lowest BCUT2D eigenvalue weighted by atomic mass is 9.95. The Hall–Kier alpha value is -2.92. The summed E-state index contributed by atoms with van der Waals surface area (Å²) in [5.41, 5.74) is 12.5. The van der Waals surface area contributed by atoms with Crippen LogP contribution < -0.4 is 10.5 Å². The van der Waals surface area contributed by atoms with Crippen molar-refractivity contribution in [2.24, 2.45) is 4.99 Å². The van der Waals surface area contributed by atoms with Crippen molar-refractivity contribution in [2.75, 3.05) is 26.1 Å². The minimum absolute atomic E-state index is 0.394. The predicted molar refractivity (Wildman–Crippen MR) is 103 cm³/mol. The van der Waals surface area contributed by atoms with E-state index in [0.717, 1.165) is 47.6 Å². The summed E-state index contributed by atoms with van der Waals surface area (Å²) in [5.74, 6) is 0.981. The molecule has 4 rings (SSSR count). The van der Waals surface area contributed by atoms with E-state index in [1.807, 2.05) is 24.3 Å². The van der Waals surface area contributed by atoms with E-state index >= 15 is 0 Å².